The van der Waals surface area contributed by atoms with Gasteiger partial charge in [0.15, 0.2) is 0 Å². The standard InChI is InChI=1S/C11H18ClN3O/c1-11(2,5-6-12)8-13-10(16)9-4-7-14-15(9)3/h4,7H,5-6,8H2,1-3H3,(H,13,16). The van der Waals surface area contributed by atoms with Gasteiger partial charge in [0.2, 0.25) is 0 Å². The predicted octanol–water partition coefficient (Wildman–Crippen LogP) is 1.80. The van der Waals surface area contributed by atoms with Gasteiger partial charge in [-0.15, -0.1) is 11.6 Å². The molecule has 0 aliphatic heterocycles. The van der Waals surface area contributed by atoms with E-state index >= 15 is 0 Å². The van der Waals surface area contributed by atoms with E-state index in [9.17, 15) is 4.79 Å². The highest BCUT2D eigenvalue weighted by molar-refractivity contribution is 6.17. The molecule has 0 bridgehead atoms. The number of amides is 1. The van der Waals surface area contributed by atoms with E-state index in [1.807, 2.05) is 0 Å². The molecule has 0 saturated heterocycles. The number of alkyl halides is 1. The van der Waals surface area contributed by atoms with Gasteiger partial charge >= 0.3 is 0 Å². The summed E-state index contributed by atoms with van der Waals surface area (Å²) >= 11 is 5.70. The predicted molar refractivity (Wildman–Crippen MR) is 64.7 cm³/mol. The molecule has 0 aromatic carbocycles. The van der Waals surface area contributed by atoms with Crippen LogP contribution in [0.3, 0.4) is 0 Å². The van der Waals surface area contributed by atoms with E-state index in [-0.39, 0.29) is 11.3 Å². The molecule has 0 fully saturated rings. The number of carbonyl (C=O) groups is 1. The van der Waals surface area contributed by atoms with Crippen LogP contribution in [0.15, 0.2) is 12.3 Å². The highest BCUT2D eigenvalue weighted by Crippen LogP contribution is 2.19. The molecule has 0 saturated carbocycles. The van der Waals surface area contributed by atoms with Crippen molar-refractivity contribution in [3.05, 3.63) is 18.0 Å². The zero-order valence-electron chi connectivity index (χ0n) is 9.96. The maximum atomic E-state index is 11.8. The number of hydrogen-bond acceptors (Lipinski definition) is 2. The average molecular weight is 244 g/mol. The minimum absolute atomic E-state index is 0.0238. The van der Waals surface area contributed by atoms with Gasteiger partial charge in [-0.05, 0) is 17.9 Å². The molecule has 0 aliphatic carbocycles. The first-order chi connectivity index (χ1) is 7.46. The summed E-state index contributed by atoms with van der Waals surface area (Å²) in [6.45, 7) is 4.78. The smallest absolute Gasteiger partial charge is 0.269 e. The molecule has 90 valence electrons. The van der Waals surface area contributed by atoms with Gasteiger partial charge in [-0.3, -0.25) is 9.48 Å². The van der Waals surface area contributed by atoms with E-state index in [4.69, 9.17) is 11.6 Å². The first kappa shape index (κ1) is 13.0. The maximum Gasteiger partial charge on any atom is 0.269 e. The lowest BCUT2D eigenvalue weighted by Crippen LogP contribution is -2.35. The van der Waals surface area contributed by atoms with Gasteiger partial charge in [0, 0.05) is 25.7 Å². The number of nitrogens with zero attached hydrogens (tertiary/aromatic N) is 2. The summed E-state index contributed by atoms with van der Waals surface area (Å²) < 4.78 is 1.56. The molecule has 5 heteroatoms. The van der Waals surface area contributed by atoms with Crippen LogP contribution in [0.2, 0.25) is 0 Å². The van der Waals surface area contributed by atoms with E-state index < -0.39 is 0 Å². The fourth-order valence-corrected chi connectivity index (χ4v) is 1.86. The number of carbonyl (C=O) groups excluding carboxylic acids is 1. The highest BCUT2D eigenvalue weighted by atomic mass is 35.5. The molecular weight excluding hydrogens is 226 g/mol. The van der Waals surface area contributed by atoms with Gasteiger partial charge in [0.25, 0.3) is 5.91 Å². The van der Waals surface area contributed by atoms with E-state index in [1.165, 1.54) is 0 Å². The van der Waals surface area contributed by atoms with Crippen molar-refractivity contribution in [1.29, 1.82) is 0 Å². The van der Waals surface area contributed by atoms with E-state index in [1.54, 1.807) is 24.0 Å². The van der Waals surface area contributed by atoms with E-state index in [0.717, 1.165) is 6.42 Å². The van der Waals surface area contributed by atoms with Crippen molar-refractivity contribution in [2.24, 2.45) is 12.5 Å². The molecule has 1 aromatic heterocycles. The molecule has 1 aromatic rings. The van der Waals surface area contributed by atoms with Crippen LogP contribution in [0.25, 0.3) is 0 Å². The van der Waals surface area contributed by atoms with Crippen LogP contribution in [0, 0.1) is 5.41 Å². The Balaban J connectivity index is 2.51. The van der Waals surface area contributed by atoms with Gasteiger partial charge in [-0.1, -0.05) is 13.8 Å². The van der Waals surface area contributed by atoms with E-state index in [0.29, 0.717) is 18.1 Å². The van der Waals surface area contributed by atoms with Crippen LogP contribution in [0.4, 0.5) is 0 Å². The zero-order chi connectivity index (χ0) is 12.2. The van der Waals surface area contributed by atoms with Crippen molar-refractivity contribution >= 4 is 17.5 Å². The van der Waals surface area contributed by atoms with Crippen molar-refractivity contribution in [1.82, 2.24) is 15.1 Å². The third kappa shape index (κ3) is 3.52. The number of rotatable bonds is 5. The number of hydrogen-bond donors (Lipinski definition) is 1. The maximum absolute atomic E-state index is 11.8. The molecule has 1 rings (SSSR count). The molecular formula is C11H18ClN3O. The highest BCUT2D eigenvalue weighted by Gasteiger charge is 2.19. The monoisotopic (exact) mass is 243 g/mol. The molecule has 0 unspecified atom stereocenters. The Labute approximate surface area is 101 Å². The largest absolute Gasteiger partial charge is 0.350 e. The van der Waals surface area contributed by atoms with Gasteiger partial charge < -0.3 is 5.32 Å². The Bertz CT molecular complexity index is 360. The summed E-state index contributed by atoms with van der Waals surface area (Å²) in [6, 6.07) is 1.70. The fourth-order valence-electron chi connectivity index (χ4n) is 1.35. The number of aromatic nitrogens is 2. The van der Waals surface area contributed by atoms with Crippen LogP contribution < -0.4 is 5.32 Å². The zero-order valence-corrected chi connectivity index (χ0v) is 10.7. The first-order valence-corrected chi connectivity index (χ1v) is 5.82. The minimum atomic E-state index is -0.0948. The molecule has 0 aliphatic rings. The lowest BCUT2D eigenvalue weighted by molar-refractivity contribution is 0.0926. The molecule has 0 radical (unpaired) electrons. The fraction of sp³-hybridized carbons (Fsp3) is 0.636. The van der Waals surface area contributed by atoms with Crippen molar-refractivity contribution in [2.75, 3.05) is 12.4 Å². The molecule has 1 amide bonds. The lowest BCUT2D eigenvalue weighted by atomic mass is 9.90. The van der Waals surface area contributed by atoms with E-state index in [2.05, 4.69) is 24.3 Å². The minimum Gasteiger partial charge on any atom is -0.350 e. The van der Waals surface area contributed by atoms with Crippen LogP contribution in [0.5, 0.6) is 0 Å². The Morgan fingerprint density at radius 2 is 2.31 bits per heavy atom. The normalized spacial score (nSPS) is 11.5. The third-order valence-corrected chi connectivity index (χ3v) is 2.74. The summed E-state index contributed by atoms with van der Waals surface area (Å²) in [7, 11) is 1.75. The van der Waals surface area contributed by atoms with Gasteiger partial charge in [0.05, 0.1) is 0 Å². The summed E-state index contributed by atoms with van der Waals surface area (Å²) in [5.74, 6) is 0.511. The second-order valence-electron chi connectivity index (χ2n) is 4.63. The summed E-state index contributed by atoms with van der Waals surface area (Å²) in [6.07, 6.45) is 2.49. The molecule has 16 heavy (non-hydrogen) atoms. The van der Waals surface area contributed by atoms with Gasteiger partial charge in [-0.2, -0.15) is 5.10 Å². The van der Waals surface area contributed by atoms with Gasteiger partial charge in [0.1, 0.15) is 5.69 Å². The van der Waals surface area contributed by atoms with Crippen molar-refractivity contribution < 1.29 is 4.79 Å². The number of nitrogens with one attached hydrogen (secondary N) is 1. The summed E-state index contributed by atoms with van der Waals surface area (Å²) in [5, 5.41) is 6.85. The molecule has 0 atom stereocenters. The molecule has 1 N–H and O–H groups in total. The number of aryl methyl sites for hydroxylation is 1. The van der Waals surface area contributed by atoms with Crippen molar-refractivity contribution in [3.63, 3.8) is 0 Å². The molecule has 0 spiro atoms. The van der Waals surface area contributed by atoms with Crippen LogP contribution in [-0.2, 0) is 7.05 Å². The lowest BCUT2D eigenvalue weighted by Gasteiger charge is -2.23. The van der Waals surface area contributed by atoms with Crippen molar-refractivity contribution in [3.8, 4) is 0 Å². The van der Waals surface area contributed by atoms with Gasteiger partial charge in [-0.25, -0.2) is 0 Å². The SMILES string of the molecule is Cn1nccc1C(=O)NCC(C)(C)CCCl. The quantitative estimate of drug-likeness (QED) is 0.802. The Hall–Kier alpha value is -1.03. The molecule has 4 nitrogen and oxygen atoms in total. The Morgan fingerprint density at radius 3 is 2.81 bits per heavy atom. The van der Waals surface area contributed by atoms with Crippen LogP contribution >= 0.6 is 11.6 Å². The average Bonchev–Trinajstić information content (AvgIpc) is 2.61. The van der Waals surface area contributed by atoms with Crippen LogP contribution in [0.1, 0.15) is 30.8 Å². The van der Waals surface area contributed by atoms with Crippen LogP contribution in [-0.4, -0.2) is 28.1 Å². The summed E-state index contributed by atoms with van der Waals surface area (Å²) in [5.41, 5.74) is 0.595. The topological polar surface area (TPSA) is 46.9 Å². The Kier molecular flexibility index (Phi) is 4.35. The first-order valence-electron chi connectivity index (χ1n) is 5.28. The second-order valence-corrected chi connectivity index (χ2v) is 5.00. The third-order valence-electron chi connectivity index (χ3n) is 2.55. The second kappa shape index (κ2) is 5.34. The number of halogens is 1. The summed E-state index contributed by atoms with van der Waals surface area (Å²) in [4.78, 5) is 11.8. The van der Waals surface area contributed by atoms with Crippen molar-refractivity contribution in [2.45, 2.75) is 20.3 Å². The Morgan fingerprint density at radius 1 is 1.62 bits per heavy atom. The molecule has 1 heterocycles.